The van der Waals surface area contributed by atoms with Crippen LogP contribution in [0, 0.1) is 0 Å². The second-order valence-electron chi connectivity index (χ2n) is 7.13. The largest absolute Gasteiger partial charge is 0.473 e. The number of fused-ring (bicyclic) bond motifs is 1. The van der Waals surface area contributed by atoms with Crippen molar-refractivity contribution >= 4 is 40.7 Å². The summed E-state index contributed by atoms with van der Waals surface area (Å²) in [5, 5.41) is 7.43. The second kappa shape index (κ2) is 8.81. The number of hydrazone groups is 1. The van der Waals surface area contributed by atoms with Crippen molar-refractivity contribution in [3.8, 4) is 0 Å². The number of H-pyrrole nitrogens is 1. The summed E-state index contributed by atoms with van der Waals surface area (Å²) in [5.41, 5.74) is 4.87. The van der Waals surface area contributed by atoms with Gasteiger partial charge in [0.15, 0.2) is 0 Å². The number of aromatic nitrogens is 1. The molecule has 3 rings (SSSR count). The number of para-hydroxylation sites is 1. The van der Waals surface area contributed by atoms with Crippen molar-refractivity contribution in [3.05, 3.63) is 41.1 Å². The summed E-state index contributed by atoms with van der Waals surface area (Å²) in [6.45, 7) is 5.01. The Morgan fingerprint density at radius 3 is 2.67 bits per heavy atom. The Morgan fingerprint density at radius 2 is 2.00 bits per heavy atom. The minimum Gasteiger partial charge on any atom is -0.473 e. The van der Waals surface area contributed by atoms with E-state index in [2.05, 4.69) is 20.8 Å². The van der Waals surface area contributed by atoms with Crippen molar-refractivity contribution in [1.29, 1.82) is 0 Å². The number of ether oxygens (including phenoxy) is 2. The van der Waals surface area contributed by atoms with Crippen LogP contribution >= 0.6 is 0 Å². The Kier molecular flexibility index (Phi) is 6.20. The molecule has 1 unspecified atom stereocenters. The first kappa shape index (κ1) is 21.1. The van der Waals surface area contributed by atoms with Gasteiger partial charge >= 0.3 is 5.97 Å². The molecular formula is C21H24N4O5. The van der Waals surface area contributed by atoms with Gasteiger partial charge in [0, 0.05) is 29.9 Å². The SMILES string of the molecule is COC(=O)C(Cc1c(/C=C2\C(=O)NN=C2OC(C)C)[nH]c2ccccc12)NC(C)=O. The Labute approximate surface area is 173 Å². The third-order valence-corrected chi connectivity index (χ3v) is 4.49. The highest BCUT2D eigenvalue weighted by molar-refractivity contribution is 6.24. The van der Waals surface area contributed by atoms with Crippen LogP contribution in [0.15, 0.2) is 34.9 Å². The fraction of sp³-hybridized carbons (Fsp3) is 0.333. The van der Waals surface area contributed by atoms with Crippen molar-refractivity contribution in [3.63, 3.8) is 0 Å². The number of amides is 2. The van der Waals surface area contributed by atoms with E-state index < -0.39 is 12.0 Å². The molecule has 3 N–H and O–H groups in total. The van der Waals surface area contributed by atoms with E-state index in [-0.39, 0.29) is 35.8 Å². The quantitative estimate of drug-likeness (QED) is 0.492. The van der Waals surface area contributed by atoms with E-state index in [0.29, 0.717) is 5.69 Å². The first-order chi connectivity index (χ1) is 14.3. The highest BCUT2D eigenvalue weighted by atomic mass is 16.5. The second-order valence-corrected chi connectivity index (χ2v) is 7.13. The summed E-state index contributed by atoms with van der Waals surface area (Å²) < 4.78 is 10.5. The van der Waals surface area contributed by atoms with Gasteiger partial charge in [-0.2, -0.15) is 0 Å². The van der Waals surface area contributed by atoms with Crippen molar-refractivity contribution in [2.45, 2.75) is 39.3 Å². The molecule has 0 saturated heterocycles. The van der Waals surface area contributed by atoms with Crippen LogP contribution in [-0.4, -0.2) is 47.9 Å². The molecular weight excluding hydrogens is 388 g/mol. The summed E-state index contributed by atoms with van der Waals surface area (Å²) in [6, 6.07) is 6.67. The number of nitrogens with one attached hydrogen (secondary N) is 3. The maximum absolute atomic E-state index is 12.3. The fourth-order valence-electron chi connectivity index (χ4n) is 3.25. The molecule has 30 heavy (non-hydrogen) atoms. The summed E-state index contributed by atoms with van der Waals surface area (Å²) >= 11 is 0. The Morgan fingerprint density at radius 1 is 1.27 bits per heavy atom. The van der Waals surface area contributed by atoms with E-state index in [4.69, 9.17) is 9.47 Å². The maximum atomic E-state index is 12.3. The van der Waals surface area contributed by atoms with Gasteiger partial charge in [-0.25, -0.2) is 10.2 Å². The number of rotatable bonds is 6. The summed E-state index contributed by atoms with van der Waals surface area (Å²) in [5.74, 6) is -1.09. The Hall–Kier alpha value is -3.62. The van der Waals surface area contributed by atoms with E-state index in [1.807, 2.05) is 38.1 Å². The number of methoxy groups -OCH3 is 1. The molecule has 0 spiro atoms. The molecule has 0 fully saturated rings. The highest BCUT2D eigenvalue weighted by Crippen LogP contribution is 2.27. The number of aromatic amines is 1. The first-order valence-corrected chi connectivity index (χ1v) is 9.51. The maximum Gasteiger partial charge on any atom is 0.328 e. The average molecular weight is 412 g/mol. The van der Waals surface area contributed by atoms with Gasteiger partial charge in [-0.3, -0.25) is 9.59 Å². The minimum atomic E-state index is -0.874. The van der Waals surface area contributed by atoms with E-state index >= 15 is 0 Å². The van der Waals surface area contributed by atoms with Gasteiger partial charge in [0.05, 0.1) is 13.2 Å². The van der Waals surface area contributed by atoms with Crippen LogP contribution in [0.2, 0.25) is 0 Å². The number of carbonyl (C=O) groups is 3. The summed E-state index contributed by atoms with van der Waals surface area (Å²) in [7, 11) is 1.27. The number of carbonyl (C=O) groups excluding carboxylic acids is 3. The number of benzene rings is 1. The lowest BCUT2D eigenvalue weighted by Crippen LogP contribution is -2.42. The summed E-state index contributed by atoms with van der Waals surface area (Å²) in [4.78, 5) is 39.4. The van der Waals surface area contributed by atoms with Gasteiger partial charge in [-0.05, 0) is 31.6 Å². The van der Waals surface area contributed by atoms with E-state index in [9.17, 15) is 14.4 Å². The van der Waals surface area contributed by atoms with Gasteiger partial charge in [-0.1, -0.05) is 18.2 Å². The van der Waals surface area contributed by atoms with Crippen molar-refractivity contribution < 1.29 is 23.9 Å². The third kappa shape index (κ3) is 4.51. The zero-order chi connectivity index (χ0) is 21.8. The zero-order valence-corrected chi connectivity index (χ0v) is 17.2. The smallest absolute Gasteiger partial charge is 0.328 e. The lowest BCUT2D eigenvalue weighted by Gasteiger charge is -2.16. The summed E-state index contributed by atoms with van der Waals surface area (Å²) in [6.07, 6.45) is 1.65. The standard InChI is InChI=1S/C21H24N4O5/c1-11(2)30-20-15(19(27)24-25-20)10-17-14(13-7-5-6-8-16(13)23-17)9-18(21(28)29-4)22-12(3)26/h5-8,10-11,18,23H,9H2,1-4H3,(H,22,26)(H,24,27)/b15-10+. The molecule has 1 atom stereocenters. The lowest BCUT2D eigenvalue weighted by atomic mass is 10.0. The van der Waals surface area contributed by atoms with Gasteiger partial charge in [0.25, 0.3) is 5.91 Å². The molecule has 9 nitrogen and oxygen atoms in total. The van der Waals surface area contributed by atoms with E-state index in [1.54, 1.807) is 6.08 Å². The Balaban J connectivity index is 2.07. The molecule has 2 heterocycles. The molecule has 0 saturated carbocycles. The van der Waals surface area contributed by atoms with Crippen LogP contribution < -0.4 is 10.7 Å². The molecule has 1 aromatic heterocycles. The van der Waals surface area contributed by atoms with Crippen LogP contribution in [0.3, 0.4) is 0 Å². The van der Waals surface area contributed by atoms with Crippen molar-refractivity contribution in [1.82, 2.24) is 15.7 Å². The van der Waals surface area contributed by atoms with Gasteiger partial charge in [0.1, 0.15) is 11.6 Å². The fourth-order valence-corrected chi connectivity index (χ4v) is 3.25. The predicted octanol–water partition coefficient (Wildman–Crippen LogP) is 1.64. The van der Waals surface area contributed by atoms with Gasteiger partial charge < -0.3 is 19.8 Å². The normalized spacial score (nSPS) is 15.8. The van der Waals surface area contributed by atoms with Gasteiger partial charge in [-0.15, -0.1) is 5.10 Å². The molecule has 2 amide bonds. The van der Waals surface area contributed by atoms with Crippen LogP contribution in [0.4, 0.5) is 0 Å². The minimum absolute atomic E-state index is 0.162. The van der Waals surface area contributed by atoms with Gasteiger partial charge in [0.2, 0.25) is 11.8 Å². The van der Waals surface area contributed by atoms with Crippen molar-refractivity contribution in [2.24, 2.45) is 5.10 Å². The lowest BCUT2D eigenvalue weighted by molar-refractivity contribution is -0.144. The molecule has 0 radical (unpaired) electrons. The topological polar surface area (TPSA) is 122 Å². The van der Waals surface area contributed by atoms with Crippen LogP contribution in [-0.2, 0) is 30.3 Å². The van der Waals surface area contributed by atoms with Crippen LogP contribution in [0.5, 0.6) is 0 Å². The zero-order valence-electron chi connectivity index (χ0n) is 17.2. The molecule has 1 aliphatic heterocycles. The molecule has 0 aliphatic carbocycles. The van der Waals surface area contributed by atoms with Crippen molar-refractivity contribution in [2.75, 3.05) is 7.11 Å². The molecule has 2 aromatic rings. The molecule has 9 heteroatoms. The molecule has 0 bridgehead atoms. The number of nitrogens with zero attached hydrogens (tertiary/aromatic N) is 1. The Bertz CT molecular complexity index is 1050. The first-order valence-electron chi connectivity index (χ1n) is 9.51. The highest BCUT2D eigenvalue weighted by Gasteiger charge is 2.28. The van der Waals surface area contributed by atoms with E-state index in [0.717, 1.165) is 16.5 Å². The molecule has 1 aliphatic rings. The van der Waals surface area contributed by atoms with Crippen LogP contribution in [0.25, 0.3) is 17.0 Å². The number of esters is 1. The molecule has 158 valence electrons. The molecule has 1 aromatic carbocycles. The number of hydrogen-bond donors (Lipinski definition) is 3. The number of hydrogen-bond acceptors (Lipinski definition) is 6. The third-order valence-electron chi connectivity index (χ3n) is 4.49. The average Bonchev–Trinajstić information content (AvgIpc) is 3.21. The predicted molar refractivity (Wildman–Crippen MR) is 111 cm³/mol. The van der Waals surface area contributed by atoms with Crippen LogP contribution in [0.1, 0.15) is 32.0 Å². The monoisotopic (exact) mass is 412 g/mol. The van der Waals surface area contributed by atoms with E-state index in [1.165, 1.54) is 14.0 Å².